The number of fused-ring (bicyclic) bond motifs is 3. The average molecular weight is 612 g/mol. The van der Waals surface area contributed by atoms with Gasteiger partial charge in [-0.2, -0.15) is 0 Å². The minimum Gasteiger partial charge on any atom is -0.494 e. The van der Waals surface area contributed by atoms with Crippen LogP contribution in [0.2, 0.25) is 0 Å². The summed E-state index contributed by atoms with van der Waals surface area (Å²) in [6.07, 6.45) is 11.6. The van der Waals surface area contributed by atoms with E-state index in [1.807, 2.05) is 24.3 Å². The topological polar surface area (TPSA) is 35.5 Å². The first-order valence-corrected chi connectivity index (χ1v) is 14.2. The minimum atomic E-state index is -0.356. The Morgan fingerprint density at radius 3 is 2.00 bits per heavy atom. The molecular formula is C31H32Br2O3. The molecule has 3 nitrogen and oxygen atoms in total. The quantitative estimate of drug-likeness (QED) is 0.116. The van der Waals surface area contributed by atoms with Gasteiger partial charge in [0.05, 0.1) is 13.7 Å². The van der Waals surface area contributed by atoms with Crippen molar-refractivity contribution in [3.05, 3.63) is 92.4 Å². The van der Waals surface area contributed by atoms with E-state index in [9.17, 15) is 4.79 Å². The Labute approximate surface area is 231 Å². The summed E-state index contributed by atoms with van der Waals surface area (Å²) in [4.78, 5) is 11.2. The summed E-state index contributed by atoms with van der Waals surface area (Å²) in [5.41, 5.74) is 6.64. The Hall–Kier alpha value is -2.37. The van der Waals surface area contributed by atoms with E-state index >= 15 is 0 Å². The van der Waals surface area contributed by atoms with E-state index < -0.39 is 0 Å². The van der Waals surface area contributed by atoms with Crippen molar-refractivity contribution in [2.75, 3.05) is 13.7 Å². The number of halogens is 2. The third-order valence-corrected chi connectivity index (χ3v) is 7.70. The molecule has 36 heavy (non-hydrogen) atoms. The van der Waals surface area contributed by atoms with Gasteiger partial charge in [-0.25, -0.2) is 4.79 Å². The van der Waals surface area contributed by atoms with Gasteiger partial charge < -0.3 is 9.47 Å². The molecule has 0 amide bonds. The van der Waals surface area contributed by atoms with Gasteiger partial charge in [-0.1, -0.05) is 88.2 Å². The lowest BCUT2D eigenvalue weighted by Crippen LogP contribution is -1.98. The zero-order chi connectivity index (χ0) is 25.3. The molecular weight excluding hydrogens is 580 g/mol. The van der Waals surface area contributed by atoms with Crippen LogP contribution in [-0.2, 0) is 9.53 Å². The Morgan fingerprint density at radius 2 is 1.39 bits per heavy atom. The Morgan fingerprint density at radius 1 is 0.806 bits per heavy atom. The van der Waals surface area contributed by atoms with Gasteiger partial charge in [0.15, 0.2) is 0 Å². The van der Waals surface area contributed by atoms with Gasteiger partial charge in [-0.05, 0) is 83.1 Å². The number of carbonyl (C=O) groups is 1. The Bertz CT molecular complexity index is 1150. The number of carbonyl (C=O) groups excluding carboxylic acids is 1. The van der Waals surface area contributed by atoms with Crippen molar-refractivity contribution in [1.82, 2.24) is 0 Å². The second-order valence-corrected chi connectivity index (χ2v) is 11.0. The molecule has 1 aliphatic carbocycles. The normalized spacial score (nSPS) is 12.5. The highest BCUT2D eigenvalue weighted by atomic mass is 79.9. The molecule has 1 aliphatic rings. The third-order valence-electron chi connectivity index (χ3n) is 6.72. The number of hydrogen-bond acceptors (Lipinski definition) is 3. The zero-order valence-electron chi connectivity index (χ0n) is 20.6. The molecule has 0 saturated heterocycles. The molecule has 4 rings (SSSR count). The maximum absolute atomic E-state index is 11.2. The van der Waals surface area contributed by atoms with Crippen LogP contribution in [-0.4, -0.2) is 19.7 Å². The van der Waals surface area contributed by atoms with E-state index in [2.05, 4.69) is 73.0 Å². The SMILES string of the molecule is COC(=O)/C=C/c1ccc(OCCCCCCCCC2c3cc(Br)ccc3-c3ccc(Br)cc32)cc1. The van der Waals surface area contributed by atoms with E-state index in [1.54, 1.807) is 6.08 Å². The van der Waals surface area contributed by atoms with Gasteiger partial charge in [0, 0.05) is 20.9 Å². The second-order valence-electron chi connectivity index (χ2n) is 9.20. The predicted molar refractivity (Wildman–Crippen MR) is 154 cm³/mol. The fraction of sp³-hybridized carbons (Fsp3) is 0.323. The van der Waals surface area contributed by atoms with Crippen molar-refractivity contribution in [3.8, 4) is 16.9 Å². The van der Waals surface area contributed by atoms with Crippen LogP contribution >= 0.6 is 31.9 Å². The molecule has 3 aromatic carbocycles. The largest absolute Gasteiger partial charge is 0.494 e. The van der Waals surface area contributed by atoms with Gasteiger partial charge in [-0.15, -0.1) is 0 Å². The van der Waals surface area contributed by atoms with Crippen molar-refractivity contribution < 1.29 is 14.3 Å². The fourth-order valence-electron chi connectivity index (χ4n) is 4.87. The van der Waals surface area contributed by atoms with Crippen LogP contribution in [0.1, 0.15) is 67.6 Å². The summed E-state index contributed by atoms with van der Waals surface area (Å²) < 4.78 is 12.8. The average Bonchev–Trinajstić information content (AvgIpc) is 3.18. The lowest BCUT2D eigenvalue weighted by atomic mass is 9.91. The van der Waals surface area contributed by atoms with Crippen LogP contribution in [0.4, 0.5) is 0 Å². The van der Waals surface area contributed by atoms with Crippen molar-refractivity contribution in [1.29, 1.82) is 0 Å². The van der Waals surface area contributed by atoms with Gasteiger partial charge in [-0.3, -0.25) is 0 Å². The van der Waals surface area contributed by atoms with Crippen LogP contribution in [0.15, 0.2) is 75.7 Å². The fourth-order valence-corrected chi connectivity index (χ4v) is 5.63. The number of ether oxygens (including phenoxy) is 2. The van der Waals surface area contributed by atoms with Crippen LogP contribution in [0.3, 0.4) is 0 Å². The highest BCUT2D eigenvalue weighted by Gasteiger charge is 2.28. The number of hydrogen-bond donors (Lipinski definition) is 0. The third kappa shape index (κ3) is 7.10. The molecule has 0 heterocycles. The Kier molecular flexibility index (Phi) is 9.82. The summed E-state index contributed by atoms with van der Waals surface area (Å²) >= 11 is 7.34. The monoisotopic (exact) mass is 610 g/mol. The molecule has 0 spiro atoms. The first-order chi connectivity index (χ1) is 17.5. The zero-order valence-corrected chi connectivity index (χ0v) is 23.8. The van der Waals surface area contributed by atoms with Crippen molar-refractivity contribution in [2.24, 2.45) is 0 Å². The van der Waals surface area contributed by atoms with E-state index in [0.29, 0.717) is 5.92 Å². The second kappa shape index (κ2) is 13.3. The van der Waals surface area contributed by atoms with Gasteiger partial charge in [0.1, 0.15) is 5.75 Å². The number of methoxy groups -OCH3 is 1. The minimum absolute atomic E-state index is 0.356. The first kappa shape index (κ1) is 26.7. The molecule has 5 heteroatoms. The Balaban J connectivity index is 1.13. The molecule has 0 aliphatic heterocycles. The predicted octanol–water partition coefficient (Wildman–Crippen LogP) is 9.32. The summed E-state index contributed by atoms with van der Waals surface area (Å²) in [7, 11) is 1.37. The molecule has 0 bridgehead atoms. The molecule has 0 N–H and O–H groups in total. The van der Waals surface area contributed by atoms with E-state index in [0.717, 1.165) is 33.3 Å². The summed E-state index contributed by atoms with van der Waals surface area (Å²) in [6, 6.07) is 21.2. The number of rotatable bonds is 12. The molecule has 0 fully saturated rings. The van der Waals surface area contributed by atoms with Crippen molar-refractivity contribution >= 4 is 43.9 Å². The first-order valence-electron chi connectivity index (χ1n) is 12.6. The highest BCUT2D eigenvalue weighted by molar-refractivity contribution is 9.10. The van der Waals surface area contributed by atoms with Crippen molar-refractivity contribution in [2.45, 2.75) is 50.9 Å². The maximum Gasteiger partial charge on any atom is 0.330 e. The van der Waals surface area contributed by atoms with Crippen LogP contribution < -0.4 is 4.74 Å². The van der Waals surface area contributed by atoms with E-state index in [-0.39, 0.29) is 5.97 Å². The lowest BCUT2D eigenvalue weighted by Gasteiger charge is -2.14. The standard InChI is InChI=1S/C31H32Br2O3/c1-35-31(34)18-11-22-9-14-25(15-10-22)36-19-7-5-3-2-4-6-8-26-29-20-23(32)12-16-27(29)28-17-13-24(33)21-30(26)28/h9-18,20-21,26H,2-8,19H2,1H3/b18-11+. The molecule has 0 aromatic heterocycles. The van der Waals surface area contributed by atoms with Gasteiger partial charge in [0.25, 0.3) is 0 Å². The van der Waals surface area contributed by atoms with E-state index in [4.69, 9.17) is 4.74 Å². The molecule has 3 aromatic rings. The van der Waals surface area contributed by atoms with Crippen molar-refractivity contribution in [3.63, 3.8) is 0 Å². The maximum atomic E-state index is 11.2. The van der Waals surface area contributed by atoms with Crippen LogP contribution in [0.25, 0.3) is 17.2 Å². The molecule has 188 valence electrons. The molecule has 0 radical (unpaired) electrons. The number of esters is 1. The molecule has 0 atom stereocenters. The summed E-state index contributed by atoms with van der Waals surface area (Å²) in [5, 5.41) is 0. The van der Waals surface area contributed by atoms with E-state index in [1.165, 1.54) is 74.0 Å². The number of benzene rings is 3. The smallest absolute Gasteiger partial charge is 0.330 e. The van der Waals surface area contributed by atoms with Gasteiger partial charge >= 0.3 is 5.97 Å². The summed E-state index contributed by atoms with van der Waals surface area (Å²) in [5.74, 6) is 0.993. The van der Waals surface area contributed by atoms with Crippen LogP contribution in [0.5, 0.6) is 5.75 Å². The van der Waals surface area contributed by atoms with Crippen LogP contribution in [0, 0.1) is 0 Å². The highest BCUT2D eigenvalue weighted by Crippen LogP contribution is 2.48. The molecule has 0 saturated carbocycles. The molecule has 0 unspecified atom stereocenters. The lowest BCUT2D eigenvalue weighted by molar-refractivity contribution is -0.134. The summed E-state index contributed by atoms with van der Waals surface area (Å²) in [6.45, 7) is 0.733. The number of unbranched alkanes of at least 4 members (excludes halogenated alkanes) is 5. The van der Waals surface area contributed by atoms with Gasteiger partial charge in [0.2, 0.25) is 0 Å².